The van der Waals surface area contributed by atoms with Crippen molar-refractivity contribution >= 4 is 29.7 Å². The predicted molar refractivity (Wildman–Crippen MR) is 112 cm³/mol. The maximum atomic E-state index is 12.4. The summed E-state index contributed by atoms with van der Waals surface area (Å²) in [4.78, 5) is 42.9. The fourth-order valence-electron chi connectivity index (χ4n) is 2.57. The van der Waals surface area contributed by atoms with Crippen molar-refractivity contribution in [1.82, 2.24) is 15.3 Å². The van der Waals surface area contributed by atoms with Gasteiger partial charge in [0.25, 0.3) is 5.91 Å². The van der Waals surface area contributed by atoms with Crippen molar-refractivity contribution in [2.45, 2.75) is 6.92 Å². The van der Waals surface area contributed by atoms with Crippen LogP contribution in [0.15, 0.2) is 18.2 Å². The van der Waals surface area contributed by atoms with Gasteiger partial charge < -0.3 is 34.6 Å². The molecule has 0 saturated heterocycles. The Bertz CT molecular complexity index is 972. The number of benzene rings is 1. The maximum absolute atomic E-state index is 12.4. The van der Waals surface area contributed by atoms with Gasteiger partial charge in [-0.3, -0.25) is 9.59 Å². The minimum absolute atomic E-state index is 0.113. The molecule has 2 aromatic rings. The van der Waals surface area contributed by atoms with Crippen LogP contribution in [0.3, 0.4) is 0 Å². The van der Waals surface area contributed by atoms with Crippen LogP contribution in [0.4, 0.5) is 5.82 Å². The van der Waals surface area contributed by atoms with Crippen molar-refractivity contribution in [3.05, 3.63) is 35.3 Å². The number of hydrogen-bond acceptors (Lipinski definition) is 8. The Kier molecular flexibility index (Phi) is 8.01. The molecule has 0 atom stereocenters. The van der Waals surface area contributed by atoms with E-state index in [4.69, 9.17) is 18.9 Å². The average Bonchev–Trinajstić information content (AvgIpc) is 3.20. The van der Waals surface area contributed by atoms with Crippen LogP contribution in [0.2, 0.25) is 0 Å². The quantitative estimate of drug-likeness (QED) is 0.401. The van der Waals surface area contributed by atoms with E-state index < -0.39 is 17.8 Å². The van der Waals surface area contributed by atoms with E-state index in [0.29, 0.717) is 22.8 Å². The standard InChI is InChI=1S/C20H24N4O7/c1-6-31-20(27)15-17(24-18(23-15)19(26)21-2)22-14(25)8-7-11-9-12(28-3)16(30-5)13(10-11)29-4/h7-10H,6H2,1-5H3,(H,21,26)(H,22,25)(H,23,24)/b8-7+. The zero-order valence-electron chi connectivity index (χ0n) is 17.8. The van der Waals surface area contributed by atoms with E-state index in [-0.39, 0.29) is 23.9 Å². The lowest BCUT2D eigenvalue weighted by atomic mass is 10.1. The number of nitrogens with one attached hydrogen (secondary N) is 3. The molecule has 11 nitrogen and oxygen atoms in total. The third-order valence-corrected chi connectivity index (χ3v) is 3.98. The van der Waals surface area contributed by atoms with Gasteiger partial charge in [-0.2, -0.15) is 0 Å². The Labute approximate surface area is 178 Å². The van der Waals surface area contributed by atoms with Crippen molar-refractivity contribution < 1.29 is 33.3 Å². The Hall–Kier alpha value is -4.02. The summed E-state index contributed by atoms with van der Waals surface area (Å²) in [5, 5.41) is 4.84. The van der Waals surface area contributed by atoms with E-state index in [1.54, 1.807) is 19.1 Å². The third kappa shape index (κ3) is 5.53. The molecule has 11 heteroatoms. The second-order valence-electron chi connectivity index (χ2n) is 5.89. The number of amides is 2. The summed E-state index contributed by atoms with van der Waals surface area (Å²) in [7, 11) is 5.86. The van der Waals surface area contributed by atoms with Gasteiger partial charge in [-0.25, -0.2) is 9.78 Å². The molecular weight excluding hydrogens is 408 g/mol. The molecule has 3 N–H and O–H groups in total. The molecule has 0 fully saturated rings. The van der Waals surface area contributed by atoms with Crippen LogP contribution < -0.4 is 24.8 Å². The van der Waals surface area contributed by atoms with E-state index in [1.807, 2.05) is 0 Å². The molecular formula is C20H24N4O7. The summed E-state index contributed by atoms with van der Waals surface area (Å²) in [6, 6.07) is 3.32. The molecule has 1 aromatic heterocycles. The first kappa shape index (κ1) is 23.3. The second kappa shape index (κ2) is 10.7. The zero-order chi connectivity index (χ0) is 23.0. The molecule has 2 rings (SSSR count). The molecule has 31 heavy (non-hydrogen) atoms. The van der Waals surface area contributed by atoms with Crippen LogP contribution in [0.1, 0.15) is 33.6 Å². The number of ether oxygens (including phenoxy) is 4. The van der Waals surface area contributed by atoms with Crippen molar-refractivity contribution in [3.63, 3.8) is 0 Å². The van der Waals surface area contributed by atoms with Gasteiger partial charge >= 0.3 is 5.97 Å². The van der Waals surface area contributed by atoms with Crippen LogP contribution in [0.5, 0.6) is 17.2 Å². The Morgan fingerprint density at radius 1 is 1.10 bits per heavy atom. The van der Waals surface area contributed by atoms with Crippen molar-refractivity contribution in [2.24, 2.45) is 0 Å². The largest absolute Gasteiger partial charge is 0.493 e. The molecule has 0 aliphatic heterocycles. The van der Waals surface area contributed by atoms with Crippen LogP contribution in [-0.4, -0.2) is 62.7 Å². The number of carbonyl (C=O) groups excluding carboxylic acids is 3. The number of imidazole rings is 1. The number of aromatic nitrogens is 2. The maximum Gasteiger partial charge on any atom is 0.358 e. The van der Waals surface area contributed by atoms with E-state index >= 15 is 0 Å². The summed E-state index contributed by atoms with van der Waals surface area (Å²) in [5.41, 5.74) is 0.457. The van der Waals surface area contributed by atoms with Crippen molar-refractivity contribution in [1.29, 1.82) is 0 Å². The van der Waals surface area contributed by atoms with Gasteiger partial charge in [-0.05, 0) is 30.7 Å². The first-order chi connectivity index (χ1) is 14.9. The van der Waals surface area contributed by atoms with Crippen LogP contribution >= 0.6 is 0 Å². The highest BCUT2D eigenvalue weighted by atomic mass is 16.5. The molecule has 0 unspecified atom stereocenters. The van der Waals surface area contributed by atoms with E-state index in [0.717, 1.165) is 0 Å². The topological polar surface area (TPSA) is 141 Å². The van der Waals surface area contributed by atoms with Gasteiger partial charge in [0, 0.05) is 13.1 Å². The number of H-pyrrole nitrogens is 1. The summed E-state index contributed by atoms with van der Waals surface area (Å²) < 4.78 is 20.8. The molecule has 0 aliphatic rings. The Morgan fingerprint density at radius 3 is 2.26 bits per heavy atom. The fraction of sp³-hybridized carbons (Fsp3) is 0.300. The Morgan fingerprint density at radius 2 is 1.74 bits per heavy atom. The third-order valence-electron chi connectivity index (χ3n) is 3.98. The van der Waals surface area contributed by atoms with Gasteiger partial charge in [0.15, 0.2) is 28.8 Å². The summed E-state index contributed by atoms with van der Waals surface area (Å²) >= 11 is 0. The highest BCUT2D eigenvalue weighted by molar-refractivity contribution is 6.06. The average molecular weight is 432 g/mol. The van der Waals surface area contributed by atoms with Crippen molar-refractivity contribution in [2.75, 3.05) is 40.3 Å². The SMILES string of the molecule is CCOC(=O)c1[nH]c(C(=O)NC)nc1NC(=O)/C=C/c1cc(OC)c(OC)c(OC)c1. The molecule has 1 aromatic carbocycles. The number of rotatable bonds is 9. The molecule has 2 amide bonds. The van der Waals surface area contributed by atoms with E-state index in [9.17, 15) is 14.4 Å². The Balaban J connectivity index is 2.28. The molecule has 1 heterocycles. The molecule has 0 spiro atoms. The minimum Gasteiger partial charge on any atom is -0.493 e. The highest BCUT2D eigenvalue weighted by Gasteiger charge is 2.22. The molecule has 0 saturated carbocycles. The number of methoxy groups -OCH3 is 3. The highest BCUT2D eigenvalue weighted by Crippen LogP contribution is 2.38. The van der Waals surface area contributed by atoms with Gasteiger partial charge in [0.2, 0.25) is 11.7 Å². The number of nitrogens with zero attached hydrogens (tertiary/aromatic N) is 1. The minimum atomic E-state index is -0.756. The van der Waals surface area contributed by atoms with E-state index in [1.165, 1.54) is 40.5 Å². The first-order valence-electron chi connectivity index (χ1n) is 9.16. The van der Waals surface area contributed by atoms with Gasteiger partial charge in [-0.1, -0.05) is 0 Å². The van der Waals surface area contributed by atoms with E-state index in [2.05, 4.69) is 20.6 Å². The zero-order valence-corrected chi connectivity index (χ0v) is 17.8. The first-order valence-corrected chi connectivity index (χ1v) is 9.16. The summed E-state index contributed by atoms with van der Waals surface area (Å²) in [5.74, 6) is -0.902. The smallest absolute Gasteiger partial charge is 0.358 e. The predicted octanol–water partition coefficient (Wildman–Crippen LogP) is 1.62. The lowest BCUT2D eigenvalue weighted by Gasteiger charge is -2.12. The number of carbonyl (C=O) groups is 3. The molecule has 0 radical (unpaired) electrons. The number of hydrogen-bond donors (Lipinski definition) is 3. The van der Waals surface area contributed by atoms with Crippen LogP contribution in [0.25, 0.3) is 6.08 Å². The monoisotopic (exact) mass is 432 g/mol. The van der Waals surface area contributed by atoms with Crippen LogP contribution in [-0.2, 0) is 9.53 Å². The van der Waals surface area contributed by atoms with Gasteiger partial charge in [-0.15, -0.1) is 0 Å². The lowest BCUT2D eigenvalue weighted by Crippen LogP contribution is -2.19. The fourth-order valence-corrected chi connectivity index (χ4v) is 2.57. The lowest BCUT2D eigenvalue weighted by molar-refractivity contribution is -0.111. The summed E-state index contributed by atoms with van der Waals surface area (Å²) in [6.45, 7) is 1.74. The molecule has 166 valence electrons. The molecule has 0 aliphatic carbocycles. The van der Waals surface area contributed by atoms with Gasteiger partial charge in [0.05, 0.1) is 27.9 Å². The van der Waals surface area contributed by atoms with Crippen LogP contribution in [0, 0.1) is 0 Å². The van der Waals surface area contributed by atoms with Gasteiger partial charge in [0.1, 0.15) is 0 Å². The number of esters is 1. The normalized spacial score (nSPS) is 10.5. The van der Waals surface area contributed by atoms with Crippen molar-refractivity contribution in [3.8, 4) is 17.2 Å². The number of aromatic amines is 1. The molecule has 0 bridgehead atoms. The second-order valence-corrected chi connectivity index (χ2v) is 5.89. The number of anilines is 1. The summed E-state index contributed by atoms with van der Waals surface area (Å²) in [6.07, 6.45) is 2.74.